The molecule has 0 aliphatic heterocycles. The number of urea groups is 1. The molecule has 0 aliphatic rings. The third-order valence-electron chi connectivity index (χ3n) is 2.61. The van der Waals surface area contributed by atoms with Gasteiger partial charge in [0.2, 0.25) is 0 Å². The summed E-state index contributed by atoms with van der Waals surface area (Å²) >= 11 is 0. The molecule has 0 aliphatic carbocycles. The molecule has 5 nitrogen and oxygen atoms in total. The highest BCUT2D eigenvalue weighted by molar-refractivity contribution is 5.91. The van der Waals surface area contributed by atoms with Crippen molar-refractivity contribution < 1.29 is 14.8 Å². The fourth-order valence-electron chi connectivity index (χ4n) is 1.49. The molecule has 0 fully saturated rings. The second-order valence-electron chi connectivity index (χ2n) is 4.36. The van der Waals surface area contributed by atoms with E-state index in [0.29, 0.717) is 6.42 Å². The highest BCUT2D eigenvalue weighted by Crippen LogP contribution is 2.06. The molecule has 0 radical (unpaired) electrons. The number of hydrogen-bond acceptors (Lipinski definition) is 3. The number of benzene rings is 1. The summed E-state index contributed by atoms with van der Waals surface area (Å²) in [6.45, 7) is 2.10. The minimum absolute atomic E-state index is 0.0280. The van der Waals surface area contributed by atoms with E-state index in [0.717, 1.165) is 25.7 Å². The van der Waals surface area contributed by atoms with E-state index in [1.165, 1.54) is 0 Å². The average Bonchev–Trinajstić information content (AvgIpc) is 2.48. The van der Waals surface area contributed by atoms with Crippen molar-refractivity contribution in [1.82, 2.24) is 5.06 Å². The van der Waals surface area contributed by atoms with Crippen LogP contribution < -0.4 is 5.73 Å². The summed E-state index contributed by atoms with van der Waals surface area (Å²) < 4.78 is 0. The van der Waals surface area contributed by atoms with Crippen LogP contribution in [0.4, 0.5) is 4.79 Å². The molecule has 0 unspecified atom stereocenters. The SMILES string of the molecule is CCCCCCCC(=O)N(O)C(N)=O.c1ccccc1. The van der Waals surface area contributed by atoms with Crippen LogP contribution in [0.5, 0.6) is 0 Å². The Balaban J connectivity index is 0.000000493. The lowest BCUT2D eigenvalue weighted by Gasteiger charge is -2.09. The summed E-state index contributed by atoms with van der Waals surface area (Å²) in [4.78, 5) is 21.3. The molecule has 5 heteroatoms. The van der Waals surface area contributed by atoms with E-state index < -0.39 is 11.9 Å². The Morgan fingerprint density at radius 3 is 1.80 bits per heavy atom. The van der Waals surface area contributed by atoms with E-state index in [2.05, 4.69) is 6.92 Å². The van der Waals surface area contributed by atoms with Gasteiger partial charge < -0.3 is 5.73 Å². The number of imide groups is 1. The normalized spacial score (nSPS) is 9.30. The summed E-state index contributed by atoms with van der Waals surface area (Å²) in [5.74, 6) is -0.631. The lowest BCUT2D eigenvalue weighted by atomic mass is 10.1. The maximum Gasteiger partial charge on any atom is 0.345 e. The van der Waals surface area contributed by atoms with Crippen molar-refractivity contribution >= 4 is 11.9 Å². The molecule has 1 rings (SSSR count). The molecule has 3 amide bonds. The number of rotatable bonds is 6. The Morgan fingerprint density at radius 2 is 1.40 bits per heavy atom. The Morgan fingerprint density at radius 1 is 0.950 bits per heavy atom. The molecule has 0 saturated heterocycles. The van der Waals surface area contributed by atoms with Gasteiger partial charge in [-0.25, -0.2) is 4.79 Å². The van der Waals surface area contributed by atoms with Gasteiger partial charge in [-0.1, -0.05) is 69.0 Å². The molecule has 1 aromatic rings. The summed E-state index contributed by atoms with van der Waals surface area (Å²) in [6.07, 6.45) is 5.15. The van der Waals surface area contributed by atoms with Crippen molar-refractivity contribution in [3.63, 3.8) is 0 Å². The van der Waals surface area contributed by atoms with Crippen molar-refractivity contribution in [3.05, 3.63) is 36.4 Å². The van der Waals surface area contributed by atoms with Crippen molar-refractivity contribution in [1.29, 1.82) is 0 Å². The van der Waals surface area contributed by atoms with Gasteiger partial charge in [-0.3, -0.25) is 10.0 Å². The lowest BCUT2D eigenvalue weighted by Crippen LogP contribution is -2.37. The molecule has 0 saturated carbocycles. The number of carbonyl (C=O) groups excluding carboxylic acids is 2. The van der Waals surface area contributed by atoms with Gasteiger partial charge in [0.25, 0.3) is 5.91 Å². The third-order valence-corrected chi connectivity index (χ3v) is 2.61. The predicted molar refractivity (Wildman–Crippen MR) is 78.0 cm³/mol. The Kier molecular flexibility index (Phi) is 11.0. The molecule has 0 spiro atoms. The number of hydroxylamine groups is 2. The second kappa shape index (κ2) is 12.2. The van der Waals surface area contributed by atoms with Gasteiger partial charge in [-0.2, -0.15) is 0 Å². The van der Waals surface area contributed by atoms with Gasteiger partial charge in [0.05, 0.1) is 0 Å². The Bertz CT molecular complexity index is 342. The van der Waals surface area contributed by atoms with Gasteiger partial charge in [0.1, 0.15) is 0 Å². The van der Waals surface area contributed by atoms with Crippen LogP contribution in [0.3, 0.4) is 0 Å². The molecule has 0 aromatic heterocycles. The smallest absolute Gasteiger partial charge is 0.345 e. The highest BCUT2D eigenvalue weighted by atomic mass is 16.5. The monoisotopic (exact) mass is 280 g/mol. The molecule has 3 N–H and O–H groups in total. The van der Waals surface area contributed by atoms with E-state index in [9.17, 15) is 9.59 Å². The van der Waals surface area contributed by atoms with Crippen molar-refractivity contribution in [2.24, 2.45) is 5.73 Å². The first-order valence-corrected chi connectivity index (χ1v) is 6.90. The second-order valence-corrected chi connectivity index (χ2v) is 4.36. The highest BCUT2D eigenvalue weighted by Gasteiger charge is 2.14. The van der Waals surface area contributed by atoms with E-state index in [1.807, 2.05) is 36.4 Å². The van der Waals surface area contributed by atoms with Crippen LogP contribution in [0.15, 0.2) is 36.4 Å². The molecule has 112 valence electrons. The van der Waals surface area contributed by atoms with Crippen molar-refractivity contribution in [2.75, 3.05) is 0 Å². The average molecular weight is 280 g/mol. The van der Waals surface area contributed by atoms with Gasteiger partial charge in [-0.05, 0) is 6.42 Å². The van der Waals surface area contributed by atoms with Gasteiger partial charge >= 0.3 is 6.03 Å². The van der Waals surface area contributed by atoms with E-state index in [1.54, 1.807) is 0 Å². The first-order valence-electron chi connectivity index (χ1n) is 6.90. The number of nitrogens with two attached hydrogens (primary N) is 1. The molecular formula is C15H24N2O3. The zero-order chi connectivity index (χ0) is 15.2. The minimum atomic E-state index is -1.12. The van der Waals surface area contributed by atoms with Gasteiger partial charge in [0.15, 0.2) is 0 Å². The minimum Gasteiger partial charge on any atom is -0.349 e. The first kappa shape index (κ1) is 18.1. The summed E-state index contributed by atoms with van der Waals surface area (Å²) in [5.41, 5.74) is 4.70. The lowest BCUT2D eigenvalue weighted by molar-refractivity contribution is -0.152. The molecule has 0 bridgehead atoms. The molecular weight excluding hydrogens is 256 g/mol. The fraction of sp³-hybridized carbons (Fsp3) is 0.467. The topological polar surface area (TPSA) is 83.6 Å². The van der Waals surface area contributed by atoms with E-state index in [4.69, 9.17) is 10.9 Å². The van der Waals surface area contributed by atoms with Crippen molar-refractivity contribution in [3.8, 4) is 0 Å². The number of unbranched alkanes of at least 4 members (excludes halogenated alkanes) is 4. The van der Waals surface area contributed by atoms with Crippen LogP contribution in [0, 0.1) is 0 Å². The molecule has 0 atom stereocenters. The van der Waals surface area contributed by atoms with Gasteiger partial charge in [-0.15, -0.1) is 5.06 Å². The number of carbonyl (C=O) groups is 2. The third kappa shape index (κ3) is 10.1. The number of primary amides is 1. The summed E-state index contributed by atoms with van der Waals surface area (Å²) in [7, 11) is 0. The summed E-state index contributed by atoms with van der Waals surface area (Å²) in [5, 5.41) is 8.78. The van der Waals surface area contributed by atoms with E-state index >= 15 is 0 Å². The first-order chi connectivity index (χ1) is 9.59. The molecule has 20 heavy (non-hydrogen) atoms. The zero-order valence-corrected chi connectivity index (χ0v) is 12.0. The van der Waals surface area contributed by atoms with Crippen LogP contribution in [0.25, 0.3) is 0 Å². The fourth-order valence-corrected chi connectivity index (χ4v) is 1.49. The van der Waals surface area contributed by atoms with Crippen LogP contribution in [-0.4, -0.2) is 22.2 Å². The molecule has 1 aromatic carbocycles. The number of hydrogen-bond donors (Lipinski definition) is 2. The van der Waals surface area contributed by atoms with Crippen molar-refractivity contribution in [2.45, 2.75) is 45.4 Å². The number of amides is 3. The Hall–Kier alpha value is -1.88. The van der Waals surface area contributed by atoms with Gasteiger partial charge in [0, 0.05) is 6.42 Å². The van der Waals surface area contributed by atoms with Crippen LogP contribution in [-0.2, 0) is 4.79 Å². The van der Waals surface area contributed by atoms with E-state index in [-0.39, 0.29) is 11.5 Å². The largest absolute Gasteiger partial charge is 0.349 e. The quantitative estimate of drug-likeness (QED) is 0.476. The predicted octanol–water partition coefficient (Wildman–Crippen LogP) is 3.33. The summed E-state index contributed by atoms with van der Waals surface area (Å²) in [6, 6.07) is 10.9. The van der Waals surface area contributed by atoms with Crippen LogP contribution in [0.1, 0.15) is 45.4 Å². The van der Waals surface area contributed by atoms with Crippen LogP contribution in [0.2, 0.25) is 0 Å². The zero-order valence-electron chi connectivity index (χ0n) is 12.0. The standard InChI is InChI=1S/C9H18N2O3.C6H6/c1-2-3-4-5-6-7-8(12)11(14)9(10)13;1-2-4-6-5-3-1/h14H,2-7H2,1H3,(H2,10,13);1-6H. The van der Waals surface area contributed by atoms with Crippen LogP contribution >= 0.6 is 0 Å². The maximum atomic E-state index is 11.0. The Labute approximate surface area is 120 Å². The maximum absolute atomic E-state index is 11.0. The number of nitrogens with zero attached hydrogens (tertiary/aromatic N) is 1. The molecule has 0 heterocycles.